The highest BCUT2D eigenvalue weighted by molar-refractivity contribution is 5.82. The maximum Gasteiger partial charge on any atom is 0.208 e. The van der Waals surface area contributed by atoms with E-state index in [1.807, 2.05) is 0 Å². The summed E-state index contributed by atoms with van der Waals surface area (Å²) in [5.74, 6) is 10.9. The van der Waals surface area contributed by atoms with Gasteiger partial charge in [-0.1, -0.05) is 31.6 Å². The first-order chi connectivity index (χ1) is 10.7. The van der Waals surface area contributed by atoms with Crippen molar-refractivity contribution >= 4 is 17.0 Å². The second kappa shape index (κ2) is 6.07. The van der Waals surface area contributed by atoms with Gasteiger partial charge < -0.3 is 10.3 Å². The van der Waals surface area contributed by atoms with Crippen LogP contribution in [-0.2, 0) is 6.54 Å². The molecule has 0 radical (unpaired) electrons. The Morgan fingerprint density at radius 1 is 1.41 bits per heavy atom. The van der Waals surface area contributed by atoms with Gasteiger partial charge in [0.1, 0.15) is 5.52 Å². The van der Waals surface area contributed by atoms with E-state index in [0.29, 0.717) is 35.3 Å². The number of rotatable bonds is 1. The molecule has 0 bridgehead atoms. The molecule has 112 valence electrons. The van der Waals surface area contributed by atoms with Gasteiger partial charge in [0.05, 0.1) is 12.9 Å². The Bertz CT molecular complexity index is 787. The van der Waals surface area contributed by atoms with Crippen LogP contribution >= 0.6 is 0 Å². The van der Waals surface area contributed by atoms with Gasteiger partial charge in [0.25, 0.3) is 0 Å². The maximum atomic E-state index is 5.95. The Labute approximate surface area is 130 Å². The summed E-state index contributed by atoms with van der Waals surface area (Å²) in [5, 5.41) is 0. The van der Waals surface area contributed by atoms with Gasteiger partial charge in [-0.3, -0.25) is 0 Å². The second-order valence-electron chi connectivity index (χ2n) is 5.92. The molecule has 0 amide bonds. The Hall–Kier alpha value is -2.53. The normalized spacial score (nSPS) is 21.1. The van der Waals surface area contributed by atoms with Crippen LogP contribution in [0.1, 0.15) is 38.4 Å². The molecule has 2 heterocycles. The zero-order valence-corrected chi connectivity index (χ0v) is 12.7. The molecule has 0 spiro atoms. The van der Waals surface area contributed by atoms with Crippen LogP contribution < -0.4 is 5.73 Å². The van der Waals surface area contributed by atoms with Crippen LogP contribution in [0.15, 0.2) is 6.33 Å². The molecule has 0 aromatic carbocycles. The highest BCUT2D eigenvalue weighted by Crippen LogP contribution is 2.28. The Balaban J connectivity index is 1.91. The van der Waals surface area contributed by atoms with Gasteiger partial charge >= 0.3 is 0 Å². The molecule has 2 N–H and O–H groups in total. The quantitative estimate of drug-likeness (QED) is 0.819. The van der Waals surface area contributed by atoms with Crippen LogP contribution in [0.5, 0.6) is 0 Å². The van der Waals surface area contributed by atoms with E-state index in [-0.39, 0.29) is 0 Å². The standard InChI is InChI=1S/C17H19N5/c1-3-9-22-11-19-15-16(18)20-14(21-17(15)22)8-7-13-6-4-5-12(2)10-13/h1,11-13H,4-6,9-10H2,2H3,(H2,18,20,21)/t12-,13?/m1/s1. The lowest BCUT2D eigenvalue weighted by Crippen LogP contribution is -2.11. The molecule has 0 saturated heterocycles. The van der Waals surface area contributed by atoms with Crippen molar-refractivity contribution in [3.8, 4) is 24.2 Å². The van der Waals surface area contributed by atoms with Crippen molar-refractivity contribution in [1.82, 2.24) is 19.5 Å². The van der Waals surface area contributed by atoms with Crippen LogP contribution in [0, 0.1) is 36.0 Å². The molecule has 1 aliphatic carbocycles. The van der Waals surface area contributed by atoms with Gasteiger partial charge in [-0.2, -0.15) is 0 Å². The molecule has 2 aromatic rings. The van der Waals surface area contributed by atoms with E-state index in [1.54, 1.807) is 10.9 Å². The lowest BCUT2D eigenvalue weighted by atomic mass is 9.83. The number of nitrogens with zero attached hydrogens (tertiary/aromatic N) is 4. The number of hydrogen-bond donors (Lipinski definition) is 1. The van der Waals surface area contributed by atoms with Crippen LogP contribution in [0.4, 0.5) is 5.82 Å². The molecule has 1 saturated carbocycles. The minimum Gasteiger partial charge on any atom is -0.382 e. The number of terminal acetylenes is 1. The van der Waals surface area contributed by atoms with Crippen LogP contribution in [0.25, 0.3) is 11.2 Å². The monoisotopic (exact) mass is 293 g/mol. The fourth-order valence-corrected chi connectivity index (χ4v) is 2.97. The molecular weight excluding hydrogens is 274 g/mol. The molecule has 22 heavy (non-hydrogen) atoms. The topological polar surface area (TPSA) is 69.6 Å². The third kappa shape index (κ3) is 2.89. The van der Waals surface area contributed by atoms with Gasteiger partial charge in [0.2, 0.25) is 5.82 Å². The van der Waals surface area contributed by atoms with E-state index in [4.69, 9.17) is 12.2 Å². The number of anilines is 1. The Kier molecular flexibility index (Phi) is 3.98. The SMILES string of the molecule is C#CCn1cnc2c(N)nc(C#CC3CCC[C@@H](C)C3)nc21. The van der Waals surface area contributed by atoms with Gasteiger partial charge in [-0.25, -0.2) is 15.0 Å². The zero-order valence-electron chi connectivity index (χ0n) is 12.7. The largest absolute Gasteiger partial charge is 0.382 e. The van der Waals surface area contributed by atoms with Crippen molar-refractivity contribution in [1.29, 1.82) is 0 Å². The fourth-order valence-electron chi connectivity index (χ4n) is 2.97. The number of imidazole rings is 1. The molecule has 5 nitrogen and oxygen atoms in total. The average molecular weight is 293 g/mol. The van der Waals surface area contributed by atoms with Gasteiger partial charge in [0, 0.05) is 5.92 Å². The average Bonchev–Trinajstić information content (AvgIpc) is 2.90. The van der Waals surface area contributed by atoms with Crippen molar-refractivity contribution in [2.75, 3.05) is 5.73 Å². The lowest BCUT2D eigenvalue weighted by molar-refractivity contribution is 0.333. The first-order valence-corrected chi connectivity index (χ1v) is 7.60. The number of nitrogens with two attached hydrogens (primary N) is 1. The van der Waals surface area contributed by atoms with Crippen LogP contribution in [-0.4, -0.2) is 19.5 Å². The van der Waals surface area contributed by atoms with Crippen LogP contribution in [0.3, 0.4) is 0 Å². The summed E-state index contributed by atoms with van der Waals surface area (Å²) in [5.41, 5.74) is 7.17. The molecule has 1 aliphatic rings. The first kappa shape index (κ1) is 14.4. The third-order valence-corrected chi connectivity index (χ3v) is 4.08. The summed E-state index contributed by atoms with van der Waals surface area (Å²) in [4.78, 5) is 12.9. The van der Waals surface area contributed by atoms with Gasteiger partial charge in [-0.05, 0) is 24.7 Å². The Morgan fingerprint density at radius 2 is 2.27 bits per heavy atom. The highest BCUT2D eigenvalue weighted by Gasteiger charge is 2.17. The highest BCUT2D eigenvalue weighted by atomic mass is 15.1. The fraction of sp³-hybridized carbons (Fsp3) is 0.471. The summed E-state index contributed by atoms with van der Waals surface area (Å²) in [6, 6.07) is 0. The predicted octanol–water partition coefficient (Wildman–Crippen LogP) is 2.22. The number of nitrogen functional groups attached to an aromatic ring is 1. The molecule has 2 atom stereocenters. The molecular formula is C17H19N5. The zero-order chi connectivity index (χ0) is 15.5. The third-order valence-electron chi connectivity index (χ3n) is 4.08. The minimum atomic E-state index is 0.349. The van der Waals surface area contributed by atoms with Crippen molar-refractivity contribution in [2.45, 2.75) is 39.2 Å². The van der Waals surface area contributed by atoms with Gasteiger partial charge in [0.15, 0.2) is 11.5 Å². The summed E-state index contributed by atoms with van der Waals surface area (Å²) in [6.07, 6.45) is 11.9. The number of hydrogen-bond acceptors (Lipinski definition) is 4. The Morgan fingerprint density at radius 3 is 3.05 bits per heavy atom. The van der Waals surface area contributed by atoms with E-state index >= 15 is 0 Å². The van der Waals surface area contributed by atoms with E-state index in [1.165, 1.54) is 12.8 Å². The van der Waals surface area contributed by atoms with E-state index in [2.05, 4.69) is 39.6 Å². The van der Waals surface area contributed by atoms with Crippen molar-refractivity contribution in [3.05, 3.63) is 12.2 Å². The summed E-state index contributed by atoms with van der Waals surface area (Å²) < 4.78 is 1.78. The van der Waals surface area contributed by atoms with Gasteiger partial charge in [-0.15, -0.1) is 6.42 Å². The molecule has 3 rings (SSSR count). The molecule has 1 unspecified atom stereocenters. The number of aromatic nitrogens is 4. The molecule has 2 aromatic heterocycles. The smallest absolute Gasteiger partial charge is 0.208 e. The lowest BCUT2D eigenvalue weighted by Gasteiger charge is -2.22. The molecule has 1 fully saturated rings. The minimum absolute atomic E-state index is 0.349. The molecule has 0 aliphatic heterocycles. The van der Waals surface area contributed by atoms with E-state index < -0.39 is 0 Å². The predicted molar refractivity (Wildman–Crippen MR) is 86.6 cm³/mol. The summed E-state index contributed by atoms with van der Waals surface area (Å²) in [6.45, 7) is 2.69. The second-order valence-corrected chi connectivity index (χ2v) is 5.92. The van der Waals surface area contributed by atoms with Crippen molar-refractivity contribution in [3.63, 3.8) is 0 Å². The van der Waals surface area contributed by atoms with Crippen molar-refractivity contribution in [2.24, 2.45) is 11.8 Å². The summed E-state index contributed by atoms with van der Waals surface area (Å²) in [7, 11) is 0. The number of fused-ring (bicyclic) bond motifs is 1. The molecule has 5 heteroatoms. The van der Waals surface area contributed by atoms with Crippen LogP contribution in [0.2, 0.25) is 0 Å². The van der Waals surface area contributed by atoms with E-state index in [9.17, 15) is 0 Å². The maximum absolute atomic E-state index is 5.95. The first-order valence-electron chi connectivity index (χ1n) is 7.60. The van der Waals surface area contributed by atoms with Crippen molar-refractivity contribution < 1.29 is 0 Å². The van der Waals surface area contributed by atoms with E-state index in [0.717, 1.165) is 18.8 Å². The summed E-state index contributed by atoms with van der Waals surface area (Å²) >= 11 is 0.